The molecular weight excluding hydrogens is 268 g/mol. The van der Waals surface area contributed by atoms with E-state index in [1.807, 2.05) is 12.1 Å². The molecule has 2 saturated heterocycles. The molecule has 0 radical (unpaired) electrons. The Kier molecular flexibility index (Phi) is 2.65. The maximum atomic E-state index is 12.0. The van der Waals surface area contributed by atoms with Crippen LogP contribution in [-0.2, 0) is 16.1 Å². The summed E-state index contributed by atoms with van der Waals surface area (Å²) in [6.45, 7) is 2.31. The smallest absolute Gasteiger partial charge is 0.234 e. The van der Waals surface area contributed by atoms with Crippen molar-refractivity contribution in [2.24, 2.45) is 5.41 Å². The third-order valence-corrected chi connectivity index (χ3v) is 4.59. The van der Waals surface area contributed by atoms with Crippen LogP contribution >= 0.6 is 0 Å². The molecule has 2 amide bonds. The first-order valence-electron chi connectivity index (χ1n) is 7.17. The standard InChI is InChI=1S/C16H16N2O3/c19-14-8-16(15(20)17-14)4-5-18(10-16)9-11-1-2-13-12(7-11)3-6-21-13/h1-3,6-7H,4-5,8-10H2,(H,17,19,20). The average molecular weight is 284 g/mol. The summed E-state index contributed by atoms with van der Waals surface area (Å²) in [5.74, 6) is -0.234. The van der Waals surface area contributed by atoms with Gasteiger partial charge in [0.2, 0.25) is 11.8 Å². The lowest BCUT2D eigenvalue weighted by Crippen LogP contribution is -2.34. The molecule has 1 N–H and O–H groups in total. The first-order valence-corrected chi connectivity index (χ1v) is 7.17. The molecular formula is C16H16N2O3. The number of rotatable bonds is 2. The van der Waals surface area contributed by atoms with Crippen molar-refractivity contribution in [2.45, 2.75) is 19.4 Å². The Morgan fingerprint density at radius 1 is 1.29 bits per heavy atom. The number of benzene rings is 1. The Morgan fingerprint density at radius 2 is 2.19 bits per heavy atom. The van der Waals surface area contributed by atoms with Crippen molar-refractivity contribution in [3.8, 4) is 0 Å². The molecule has 1 aromatic carbocycles. The summed E-state index contributed by atoms with van der Waals surface area (Å²) < 4.78 is 5.34. The van der Waals surface area contributed by atoms with Gasteiger partial charge in [0.1, 0.15) is 5.58 Å². The van der Waals surface area contributed by atoms with Gasteiger partial charge >= 0.3 is 0 Å². The van der Waals surface area contributed by atoms with E-state index in [0.717, 1.165) is 30.5 Å². The van der Waals surface area contributed by atoms with E-state index in [9.17, 15) is 9.59 Å². The second-order valence-corrected chi connectivity index (χ2v) is 6.09. The van der Waals surface area contributed by atoms with Crippen LogP contribution < -0.4 is 5.32 Å². The van der Waals surface area contributed by atoms with E-state index in [0.29, 0.717) is 13.0 Å². The van der Waals surface area contributed by atoms with E-state index in [4.69, 9.17) is 4.42 Å². The number of carbonyl (C=O) groups is 2. The third kappa shape index (κ3) is 2.05. The predicted molar refractivity (Wildman–Crippen MR) is 76.3 cm³/mol. The van der Waals surface area contributed by atoms with Crippen molar-refractivity contribution in [1.29, 1.82) is 0 Å². The molecule has 3 heterocycles. The Labute approximate surface area is 121 Å². The van der Waals surface area contributed by atoms with Gasteiger partial charge in [0.15, 0.2) is 0 Å². The normalized spacial score (nSPS) is 26.1. The molecule has 2 aliphatic rings. The van der Waals surface area contributed by atoms with Gasteiger partial charge in [-0.15, -0.1) is 0 Å². The minimum atomic E-state index is -0.489. The number of hydrogen-bond acceptors (Lipinski definition) is 4. The molecule has 1 aromatic heterocycles. The van der Waals surface area contributed by atoms with Crippen LogP contribution in [0.5, 0.6) is 0 Å². The zero-order valence-corrected chi connectivity index (χ0v) is 11.6. The number of carbonyl (C=O) groups excluding carboxylic acids is 2. The Bertz CT molecular complexity index is 736. The molecule has 108 valence electrons. The molecule has 4 rings (SSSR count). The van der Waals surface area contributed by atoms with Crippen LogP contribution in [0.4, 0.5) is 0 Å². The SMILES string of the molecule is O=C1CC2(CCN(Cc3ccc4occc4c3)C2)C(=O)N1. The molecule has 1 unspecified atom stereocenters. The summed E-state index contributed by atoms with van der Waals surface area (Å²) >= 11 is 0. The number of amides is 2. The highest BCUT2D eigenvalue weighted by atomic mass is 16.3. The Morgan fingerprint density at radius 3 is 3.00 bits per heavy atom. The molecule has 0 saturated carbocycles. The highest BCUT2D eigenvalue weighted by Gasteiger charge is 2.50. The second kappa shape index (κ2) is 4.43. The van der Waals surface area contributed by atoms with Gasteiger partial charge in [-0.05, 0) is 36.7 Å². The highest BCUT2D eigenvalue weighted by Crippen LogP contribution is 2.38. The van der Waals surface area contributed by atoms with Crippen LogP contribution in [0.1, 0.15) is 18.4 Å². The third-order valence-electron chi connectivity index (χ3n) is 4.59. The molecule has 1 atom stereocenters. The molecule has 5 heteroatoms. The molecule has 2 aliphatic heterocycles. The fourth-order valence-corrected chi connectivity index (χ4v) is 3.49. The van der Waals surface area contributed by atoms with Crippen molar-refractivity contribution in [1.82, 2.24) is 10.2 Å². The maximum absolute atomic E-state index is 12.0. The van der Waals surface area contributed by atoms with Gasteiger partial charge in [-0.25, -0.2) is 0 Å². The zero-order valence-electron chi connectivity index (χ0n) is 11.6. The largest absolute Gasteiger partial charge is 0.464 e. The highest BCUT2D eigenvalue weighted by molar-refractivity contribution is 6.06. The minimum absolute atomic E-state index is 0.0970. The van der Waals surface area contributed by atoms with E-state index in [-0.39, 0.29) is 11.8 Å². The lowest BCUT2D eigenvalue weighted by Gasteiger charge is -2.20. The Balaban J connectivity index is 1.51. The van der Waals surface area contributed by atoms with Gasteiger partial charge in [0.05, 0.1) is 11.7 Å². The number of fused-ring (bicyclic) bond motifs is 1. The molecule has 0 bridgehead atoms. The first kappa shape index (κ1) is 12.6. The van der Waals surface area contributed by atoms with E-state index in [2.05, 4.69) is 22.3 Å². The summed E-state index contributed by atoms with van der Waals surface area (Å²) in [6, 6.07) is 8.09. The fraction of sp³-hybridized carbons (Fsp3) is 0.375. The lowest BCUT2D eigenvalue weighted by molar-refractivity contribution is -0.128. The monoisotopic (exact) mass is 284 g/mol. The number of likely N-dealkylation sites (tertiary alicyclic amines) is 1. The first-order chi connectivity index (χ1) is 10.1. The lowest BCUT2D eigenvalue weighted by atomic mass is 9.85. The van der Waals surface area contributed by atoms with Crippen molar-refractivity contribution >= 4 is 22.8 Å². The van der Waals surface area contributed by atoms with Gasteiger partial charge in [0, 0.05) is 24.9 Å². The van der Waals surface area contributed by atoms with Crippen LogP contribution in [0, 0.1) is 5.41 Å². The summed E-state index contributed by atoms with van der Waals surface area (Å²) in [7, 11) is 0. The zero-order chi connectivity index (χ0) is 14.4. The van der Waals surface area contributed by atoms with Gasteiger partial charge in [-0.1, -0.05) is 6.07 Å². The van der Waals surface area contributed by atoms with Crippen LogP contribution in [0.2, 0.25) is 0 Å². The van der Waals surface area contributed by atoms with Crippen LogP contribution in [-0.4, -0.2) is 29.8 Å². The van der Waals surface area contributed by atoms with E-state index < -0.39 is 5.41 Å². The molecule has 2 aromatic rings. The topological polar surface area (TPSA) is 62.6 Å². The maximum Gasteiger partial charge on any atom is 0.234 e. The number of imide groups is 1. The summed E-state index contributed by atoms with van der Waals surface area (Å²) in [6.07, 6.45) is 2.79. The van der Waals surface area contributed by atoms with Crippen molar-refractivity contribution in [2.75, 3.05) is 13.1 Å². The number of furan rings is 1. The van der Waals surface area contributed by atoms with Gasteiger partial charge in [0.25, 0.3) is 0 Å². The number of nitrogens with one attached hydrogen (secondary N) is 1. The summed E-state index contributed by atoms with van der Waals surface area (Å²) in [4.78, 5) is 25.7. The molecule has 1 spiro atoms. The Hall–Kier alpha value is -2.14. The second-order valence-electron chi connectivity index (χ2n) is 6.09. The van der Waals surface area contributed by atoms with E-state index in [1.54, 1.807) is 6.26 Å². The quantitative estimate of drug-likeness (QED) is 0.852. The van der Waals surface area contributed by atoms with Crippen molar-refractivity contribution in [3.05, 3.63) is 36.1 Å². The van der Waals surface area contributed by atoms with Crippen molar-refractivity contribution in [3.63, 3.8) is 0 Å². The minimum Gasteiger partial charge on any atom is -0.464 e. The predicted octanol–water partition coefficient (Wildman–Crippen LogP) is 1.67. The van der Waals surface area contributed by atoms with E-state index in [1.165, 1.54) is 5.56 Å². The fourth-order valence-electron chi connectivity index (χ4n) is 3.49. The summed E-state index contributed by atoms with van der Waals surface area (Å²) in [5, 5.41) is 3.53. The van der Waals surface area contributed by atoms with Crippen molar-refractivity contribution < 1.29 is 14.0 Å². The van der Waals surface area contributed by atoms with E-state index >= 15 is 0 Å². The van der Waals surface area contributed by atoms with Crippen LogP contribution in [0.3, 0.4) is 0 Å². The number of nitrogens with zero attached hydrogens (tertiary/aromatic N) is 1. The number of hydrogen-bond donors (Lipinski definition) is 1. The summed E-state index contributed by atoms with van der Waals surface area (Å²) in [5.41, 5.74) is 1.60. The molecule has 2 fully saturated rings. The van der Waals surface area contributed by atoms with Crippen LogP contribution in [0.15, 0.2) is 34.9 Å². The molecule has 0 aliphatic carbocycles. The van der Waals surface area contributed by atoms with Gasteiger partial charge < -0.3 is 4.42 Å². The van der Waals surface area contributed by atoms with Crippen LogP contribution in [0.25, 0.3) is 11.0 Å². The van der Waals surface area contributed by atoms with Gasteiger partial charge in [-0.3, -0.25) is 19.8 Å². The molecule has 21 heavy (non-hydrogen) atoms. The van der Waals surface area contributed by atoms with Gasteiger partial charge in [-0.2, -0.15) is 0 Å². The average Bonchev–Trinajstić information content (AvgIpc) is 3.11. The molecule has 5 nitrogen and oxygen atoms in total.